The third kappa shape index (κ3) is 2.94. The summed E-state index contributed by atoms with van der Waals surface area (Å²) in [5.41, 5.74) is 0. The lowest BCUT2D eigenvalue weighted by molar-refractivity contribution is -0.389. The number of alkyl halides is 12. The zero-order chi connectivity index (χ0) is 15.2. The van der Waals surface area contributed by atoms with E-state index in [1.54, 1.807) is 0 Å². The van der Waals surface area contributed by atoms with Crippen molar-refractivity contribution < 1.29 is 52.7 Å². The smallest absolute Gasteiger partial charge is 0.204 e. The minimum atomic E-state index is -7.05. The van der Waals surface area contributed by atoms with Crippen molar-refractivity contribution >= 4 is 0 Å². The van der Waals surface area contributed by atoms with Gasteiger partial charge in [0.25, 0.3) is 0 Å². The second-order valence-electron chi connectivity index (χ2n) is 3.07. The summed E-state index contributed by atoms with van der Waals surface area (Å²) in [6.07, 6.45) is -19.3. The fourth-order valence-corrected chi connectivity index (χ4v) is 0.955. The van der Waals surface area contributed by atoms with Crippen molar-refractivity contribution in [2.45, 2.75) is 30.6 Å². The average Bonchev–Trinajstić information content (AvgIpc) is 1.96. The minimum Gasteiger partial charge on any atom is -0.204 e. The van der Waals surface area contributed by atoms with Crippen LogP contribution in [0.2, 0.25) is 0 Å². The van der Waals surface area contributed by atoms with Crippen molar-refractivity contribution in [3.05, 3.63) is 0 Å². The first-order chi connectivity index (χ1) is 7.56. The summed E-state index contributed by atoms with van der Waals surface area (Å²) in [6, 6.07) is 0. The highest BCUT2D eigenvalue weighted by Crippen LogP contribution is 2.55. The van der Waals surface area contributed by atoms with Crippen molar-refractivity contribution in [2.75, 3.05) is 0 Å². The van der Waals surface area contributed by atoms with Crippen LogP contribution in [0.1, 0.15) is 0 Å². The van der Waals surface area contributed by atoms with Gasteiger partial charge in [0.15, 0.2) is 5.92 Å². The lowest BCUT2D eigenvalue weighted by Gasteiger charge is -2.34. The molecule has 18 heavy (non-hydrogen) atoms. The zero-order valence-electron chi connectivity index (χ0n) is 7.69. The lowest BCUT2D eigenvalue weighted by atomic mass is 9.92. The molecule has 0 aromatic rings. The Balaban J connectivity index is 5.84. The van der Waals surface area contributed by atoms with Gasteiger partial charge in [-0.25, -0.2) is 8.78 Å². The first kappa shape index (κ1) is 17.2. The van der Waals surface area contributed by atoms with E-state index in [-0.39, 0.29) is 0 Å². The fraction of sp³-hybridized carbons (Fsp3) is 1.00. The van der Waals surface area contributed by atoms with Gasteiger partial charge >= 0.3 is 30.6 Å². The van der Waals surface area contributed by atoms with Gasteiger partial charge in [-0.1, -0.05) is 0 Å². The van der Waals surface area contributed by atoms with E-state index in [2.05, 4.69) is 0 Å². The molecule has 0 N–H and O–H groups in total. The average molecular weight is 302 g/mol. The van der Waals surface area contributed by atoms with E-state index in [0.29, 0.717) is 0 Å². The van der Waals surface area contributed by atoms with E-state index in [4.69, 9.17) is 0 Å². The molecule has 0 aromatic carbocycles. The molecule has 110 valence electrons. The van der Waals surface area contributed by atoms with Crippen molar-refractivity contribution in [2.24, 2.45) is 5.92 Å². The summed E-state index contributed by atoms with van der Waals surface area (Å²) in [4.78, 5) is 0. The van der Waals surface area contributed by atoms with Gasteiger partial charge in [0.05, 0.1) is 0 Å². The topological polar surface area (TPSA) is 0 Å². The summed E-state index contributed by atoms with van der Waals surface area (Å²) < 4.78 is 142. The lowest BCUT2D eigenvalue weighted by Crippen LogP contribution is -2.59. The van der Waals surface area contributed by atoms with E-state index in [0.717, 1.165) is 0 Å². The molecule has 0 aliphatic rings. The Hall–Kier alpha value is -0.840. The van der Waals surface area contributed by atoms with Crippen molar-refractivity contribution in [3.63, 3.8) is 0 Å². The highest BCUT2D eigenvalue weighted by atomic mass is 19.4. The van der Waals surface area contributed by atoms with Crippen molar-refractivity contribution in [3.8, 4) is 0 Å². The molecule has 1 atom stereocenters. The molecule has 0 radical (unpaired) electrons. The number of halogens is 12. The normalized spacial score (nSPS) is 17.2. The molecule has 1 unspecified atom stereocenters. The summed E-state index contributed by atoms with van der Waals surface area (Å²) in [6.45, 7) is 0. The molecular formula is C6H2F12. The third-order valence-electron chi connectivity index (χ3n) is 1.74. The van der Waals surface area contributed by atoms with Crippen LogP contribution in [0.5, 0.6) is 0 Å². The van der Waals surface area contributed by atoms with Gasteiger partial charge in [0.2, 0.25) is 0 Å². The van der Waals surface area contributed by atoms with Gasteiger partial charge in [-0.3, -0.25) is 0 Å². The van der Waals surface area contributed by atoms with E-state index in [1.807, 2.05) is 0 Å². The Bertz CT molecular complexity index is 282. The molecule has 0 saturated carbocycles. The molecule has 0 heterocycles. The van der Waals surface area contributed by atoms with Crippen LogP contribution < -0.4 is 0 Å². The molecule has 0 aliphatic carbocycles. The van der Waals surface area contributed by atoms with Crippen LogP contribution in [0.15, 0.2) is 0 Å². The predicted molar refractivity (Wildman–Crippen MR) is 31.5 cm³/mol. The van der Waals surface area contributed by atoms with Crippen LogP contribution in [-0.2, 0) is 0 Å². The Labute approximate surface area is 90.6 Å². The van der Waals surface area contributed by atoms with Crippen LogP contribution in [0, 0.1) is 5.92 Å². The van der Waals surface area contributed by atoms with Gasteiger partial charge in [-0.05, 0) is 0 Å². The molecule has 0 spiro atoms. The second-order valence-corrected chi connectivity index (χ2v) is 3.07. The highest BCUT2D eigenvalue weighted by molar-refractivity contribution is 4.98. The number of hydrogen-bond donors (Lipinski definition) is 0. The van der Waals surface area contributed by atoms with Crippen molar-refractivity contribution in [1.29, 1.82) is 0 Å². The van der Waals surface area contributed by atoms with Gasteiger partial charge in [-0.15, -0.1) is 0 Å². The maximum atomic E-state index is 12.3. The second kappa shape index (κ2) is 4.37. The maximum absolute atomic E-state index is 12.3. The number of rotatable bonds is 3. The molecule has 0 saturated heterocycles. The van der Waals surface area contributed by atoms with E-state index < -0.39 is 36.5 Å². The quantitative estimate of drug-likeness (QED) is 0.683. The summed E-state index contributed by atoms with van der Waals surface area (Å²) in [5, 5.41) is 0. The molecular weight excluding hydrogens is 300 g/mol. The minimum absolute atomic E-state index is 5.34. The Morgan fingerprint density at radius 2 is 0.944 bits per heavy atom. The molecule has 0 fully saturated rings. The zero-order valence-corrected chi connectivity index (χ0v) is 7.69. The summed E-state index contributed by atoms with van der Waals surface area (Å²) >= 11 is 0. The van der Waals surface area contributed by atoms with Crippen LogP contribution in [0.4, 0.5) is 52.7 Å². The molecule has 0 bridgehead atoms. The standard InChI is InChI=1S/C6H2F12/c7-2(8)3(9,10)1(5(13,14)15)4(11,12)6(16,17)18/h1-2H. The van der Waals surface area contributed by atoms with Crippen LogP contribution in [0.3, 0.4) is 0 Å². The monoisotopic (exact) mass is 302 g/mol. The molecule has 0 nitrogen and oxygen atoms in total. The first-order valence-electron chi connectivity index (χ1n) is 3.73. The maximum Gasteiger partial charge on any atom is 0.454 e. The van der Waals surface area contributed by atoms with Crippen molar-refractivity contribution in [1.82, 2.24) is 0 Å². The molecule has 12 heteroatoms. The molecule has 0 aromatic heterocycles. The highest BCUT2D eigenvalue weighted by Gasteiger charge is 2.79. The summed E-state index contributed by atoms with van der Waals surface area (Å²) in [5.74, 6) is -19.5. The summed E-state index contributed by atoms with van der Waals surface area (Å²) in [7, 11) is 0. The van der Waals surface area contributed by atoms with Crippen LogP contribution in [-0.4, -0.2) is 30.6 Å². The van der Waals surface area contributed by atoms with Crippen LogP contribution >= 0.6 is 0 Å². The Kier molecular flexibility index (Phi) is 4.16. The predicted octanol–water partition coefficient (Wildman–Crippen LogP) is 4.26. The Morgan fingerprint density at radius 3 is 1.11 bits per heavy atom. The van der Waals surface area contributed by atoms with E-state index >= 15 is 0 Å². The van der Waals surface area contributed by atoms with Gasteiger partial charge in [0.1, 0.15) is 0 Å². The van der Waals surface area contributed by atoms with E-state index in [9.17, 15) is 52.7 Å². The fourth-order valence-electron chi connectivity index (χ4n) is 0.955. The molecule has 0 amide bonds. The first-order valence-corrected chi connectivity index (χ1v) is 3.73. The van der Waals surface area contributed by atoms with Crippen LogP contribution in [0.25, 0.3) is 0 Å². The SMILES string of the molecule is FC(F)C(F)(F)C(C(F)(F)F)C(F)(F)C(F)(F)F. The van der Waals surface area contributed by atoms with E-state index in [1.165, 1.54) is 0 Å². The third-order valence-corrected chi connectivity index (χ3v) is 1.74. The Morgan fingerprint density at radius 1 is 0.611 bits per heavy atom. The number of hydrogen-bond acceptors (Lipinski definition) is 0. The van der Waals surface area contributed by atoms with Gasteiger partial charge in [-0.2, -0.15) is 43.9 Å². The molecule has 0 rings (SSSR count). The molecule has 0 aliphatic heterocycles. The largest absolute Gasteiger partial charge is 0.454 e. The van der Waals surface area contributed by atoms with Gasteiger partial charge < -0.3 is 0 Å². The van der Waals surface area contributed by atoms with Gasteiger partial charge in [0, 0.05) is 0 Å².